The maximum Gasteiger partial charge on any atom is 0.223 e. The van der Waals surface area contributed by atoms with Crippen LogP contribution in [-0.4, -0.2) is 31.2 Å². The number of benzene rings is 1. The minimum atomic E-state index is -0.240. The first-order chi connectivity index (χ1) is 10.2. The van der Waals surface area contributed by atoms with Gasteiger partial charge < -0.3 is 15.0 Å². The van der Waals surface area contributed by atoms with E-state index in [0.29, 0.717) is 19.6 Å². The summed E-state index contributed by atoms with van der Waals surface area (Å²) in [4.78, 5) is 15.5. The molecule has 1 aliphatic rings. The van der Waals surface area contributed by atoms with Crippen LogP contribution in [0.25, 0.3) is 10.9 Å². The molecule has 0 saturated heterocycles. The summed E-state index contributed by atoms with van der Waals surface area (Å²) < 4.78 is 18.4. The number of fused-ring (bicyclic) bond motifs is 3. The lowest BCUT2D eigenvalue weighted by atomic mass is 9.86. The van der Waals surface area contributed by atoms with E-state index < -0.39 is 0 Å². The Morgan fingerprint density at radius 2 is 2.38 bits per heavy atom. The number of ether oxygens (including phenoxy) is 1. The molecular formula is C16H19FN2O2. The van der Waals surface area contributed by atoms with Crippen LogP contribution in [0.2, 0.25) is 0 Å². The SMILES string of the molecule is COCCNC(=O)C1CCc2[nH]c3ccc(F)cc3c2C1. The van der Waals surface area contributed by atoms with E-state index in [1.807, 2.05) is 0 Å². The number of H-pyrrole nitrogens is 1. The molecule has 3 rings (SSSR count). The second-order valence-electron chi connectivity index (χ2n) is 5.50. The number of aryl methyl sites for hydroxylation is 1. The molecule has 1 aromatic heterocycles. The first-order valence-corrected chi connectivity index (χ1v) is 7.24. The van der Waals surface area contributed by atoms with Crippen molar-refractivity contribution in [3.63, 3.8) is 0 Å². The Kier molecular flexibility index (Phi) is 3.92. The molecule has 1 amide bonds. The van der Waals surface area contributed by atoms with Gasteiger partial charge in [0.1, 0.15) is 5.82 Å². The number of aromatic nitrogens is 1. The van der Waals surface area contributed by atoms with E-state index in [4.69, 9.17) is 4.74 Å². The van der Waals surface area contributed by atoms with Crippen molar-refractivity contribution in [1.29, 1.82) is 0 Å². The highest BCUT2D eigenvalue weighted by Gasteiger charge is 2.27. The Bertz CT molecular complexity index is 666. The second kappa shape index (κ2) is 5.85. The van der Waals surface area contributed by atoms with Crippen LogP contribution in [0.3, 0.4) is 0 Å². The highest BCUT2D eigenvalue weighted by Crippen LogP contribution is 2.32. The molecular weight excluding hydrogens is 271 g/mol. The predicted molar refractivity (Wildman–Crippen MR) is 78.7 cm³/mol. The third kappa shape index (κ3) is 2.78. The Balaban J connectivity index is 1.79. The lowest BCUT2D eigenvalue weighted by molar-refractivity contribution is -0.125. The standard InChI is InChI=1S/C16H19FN2O2/c1-21-7-6-18-16(20)10-2-4-14-12(8-10)13-9-11(17)3-5-15(13)19-14/h3,5,9-10,19H,2,4,6-8H2,1H3,(H,18,20). The van der Waals surface area contributed by atoms with Crippen molar-refractivity contribution in [3.8, 4) is 0 Å². The number of hydrogen-bond acceptors (Lipinski definition) is 2. The van der Waals surface area contributed by atoms with E-state index >= 15 is 0 Å². The number of carbonyl (C=O) groups is 1. The smallest absolute Gasteiger partial charge is 0.223 e. The van der Waals surface area contributed by atoms with E-state index in [1.54, 1.807) is 19.2 Å². The van der Waals surface area contributed by atoms with Crippen LogP contribution in [0.4, 0.5) is 4.39 Å². The Hall–Kier alpha value is -1.88. The molecule has 1 aromatic carbocycles. The highest BCUT2D eigenvalue weighted by molar-refractivity contribution is 5.87. The molecule has 0 aliphatic heterocycles. The first kappa shape index (κ1) is 14.1. The third-order valence-electron chi connectivity index (χ3n) is 4.13. The zero-order valence-electron chi connectivity index (χ0n) is 12.0. The van der Waals surface area contributed by atoms with Crippen LogP contribution in [0.5, 0.6) is 0 Å². The van der Waals surface area contributed by atoms with Crippen molar-refractivity contribution in [2.24, 2.45) is 5.92 Å². The average Bonchev–Trinajstić information content (AvgIpc) is 2.84. The molecule has 0 fully saturated rings. The van der Waals surface area contributed by atoms with Crippen molar-refractivity contribution in [2.75, 3.05) is 20.3 Å². The zero-order valence-corrected chi connectivity index (χ0v) is 12.0. The summed E-state index contributed by atoms with van der Waals surface area (Å²) in [5.41, 5.74) is 3.17. The summed E-state index contributed by atoms with van der Waals surface area (Å²) in [5.74, 6) is -0.226. The normalized spacial score (nSPS) is 17.7. The molecule has 112 valence electrons. The van der Waals surface area contributed by atoms with E-state index in [1.165, 1.54) is 6.07 Å². The van der Waals surface area contributed by atoms with Crippen LogP contribution in [-0.2, 0) is 22.4 Å². The van der Waals surface area contributed by atoms with E-state index in [0.717, 1.165) is 35.0 Å². The van der Waals surface area contributed by atoms with Gasteiger partial charge in [-0.25, -0.2) is 4.39 Å². The lowest BCUT2D eigenvalue weighted by Gasteiger charge is -2.21. The Labute approximate surface area is 122 Å². The van der Waals surface area contributed by atoms with Crippen LogP contribution in [0, 0.1) is 11.7 Å². The molecule has 1 aliphatic carbocycles. The molecule has 4 nitrogen and oxygen atoms in total. The number of hydrogen-bond donors (Lipinski definition) is 2. The van der Waals surface area contributed by atoms with Crippen molar-refractivity contribution < 1.29 is 13.9 Å². The minimum Gasteiger partial charge on any atom is -0.383 e. The number of amides is 1. The van der Waals surface area contributed by atoms with Crippen molar-refractivity contribution in [3.05, 3.63) is 35.3 Å². The van der Waals surface area contributed by atoms with Gasteiger partial charge in [-0.05, 0) is 43.0 Å². The fourth-order valence-corrected chi connectivity index (χ4v) is 3.03. The van der Waals surface area contributed by atoms with Gasteiger partial charge in [0.15, 0.2) is 0 Å². The highest BCUT2D eigenvalue weighted by atomic mass is 19.1. The molecule has 0 radical (unpaired) electrons. The monoisotopic (exact) mass is 290 g/mol. The average molecular weight is 290 g/mol. The summed E-state index contributed by atoms with van der Waals surface area (Å²) in [7, 11) is 1.61. The number of methoxy groups -OCH3 is 1. The van der Waals surface area contributed by atoms with E-state index in [2.05, 4.69) is 10.3 Å². The second-order valence-corrected chi connectivity index (χ2v) is 5.50. The topological polar surface area (TPSA) is 54.1 Å². The number of carbonyl (C=O) groups excluding carboxylic acids is 1. The fourth-order valence-electron chi connectivity index (χ4n) is 3.03. The largest absolute Gasteiger partial charge is 0.383 e. The maximum absolute atomic E-state index is 13.4. The number of aromatic amines is 1. The molecule has 0 spiro atoms. The van der Waals surface area contributed by atoms with Gasteiger partial charge >= 0.3 is 0 Å². The minimum absolute atomic E-state index is 0.0448. The Morgan fingerprint density at radius 3 is 3.19 bits per heavy atom. The van der Waals surface area contributed by atoms with Gasteiger partial charge in [0.25, 0.3) is 0 Å². The molecule has 0 saturated carbocycles. The van der Waals surface area contributed by atoms with Gasteiger partial charge in [0.05, 0.1) is 6.61 Å². The molecule has 21 heavy (non-hydrogen) atoms. The molecule has 1 unspecified atom stereocenters. The van der Waals surface area contributed by atoms with Gasteiger partial charge in [-0.2, -0.15) is 0 Å². The van der Waals surface area contributed by atoms with Crippen LogP contribution in [0.1, 0.15) is 17.7 Å². The van der Waals surface area contributed by atoms with E-state index in [-0.39, 0.29) is 17.6 Å². The predicted octanol–water partition coefficient (Wildman–Crippen LogP) is 2.17. The quantitative estimate of drug-likeness (QED) is 0.848. The zero-order chi connectivity index (χ0) is 14.8. The molecule has 0 bridgehead atoms. The van der Waals surface area contributed by atoms with Gasteiger partial charge in [-0.3, -0.25) is 4.79 Å². The molecule has 2 aromatic rings. The van der Waals surface area contributed by atoms with Crippen LogP contribution in [0.15, 0.2) is 18.2 Å². The van der Waals surface area contributed by atoms with Crippen molar-refractivity contribution in [2.45, 2.75) is 19.3 Å². The van der Waals surface area contributed by atoms with Crippen LogP contribution >= 0.6 is 0 Å². The molecule has 2 N–H and O–H groups in total. The summed E-state index contributed by atoms with van der Waals surface area (Å²) in [6.45, 7) is 1.04. The summed E-state index contributed by atoms with van der Waals surface area (Å²) >= 11 is 0. The van der Waals surface area contributed by atoms with Crippen molar-refractivity contribution >= 4 is 16.8 Å². The number of rotatable bonds is 4. The summed E-state index contributed by atoms with van der Waals surface area (Å²) in [6.07, 6.45) is 2.31. The van der Waals surface area contributed by atoms with Gasteiger partial charge in [0.2, 0.25) is 5.91 Å². The number of nitrogens with one attached hydrogen (secondary N) is 2. The molecule has 1 heterocycles. The van der Waals surface area contributed by atoms with Crippen LogP contribution < -0.4 is 5.32 Å². The van der Waals surface area contributed by atoms with Gasteiger partial charge in [-0.1, -0.05) is 0 Å². The number of halogens is 1. The molecule has 1 atom stereocenters. The van der Waals surface area contributed by atoms with Gasteiger partial charge in [0, 0.05) is 36.2 Å². The van der Waals surface area contributed by atoms with Crippen molar-refractivity contribution in [1.82, 2.24) is 10.3 Å². The van der Waals surface area contributed by atoms with Gasteiger partial charge in [-0.15, -0.1) is 0 Å². The fraction of sp³-hybridized carbons (Fsp3) is 0.438. The lowest BCUT2D eigenvalue weighted by Crippen LogP contribution is -2.35. The molecule has 5 heteroatoms. The first-order valence-electron chi connectivity index (χ1n) is 7.24. The maximum atomic E-state index is 13.4. The van der Waals surface area contributed by atoms with E-state index in [9.17, 15) is 9.18 Å². The third-order valence-corrected chi connectivity index (χ3v) is 4.13. The summed E-state index contributed by atoms with van der Waals surface area (Å²) in [6, 6.07) is 4.77. The Morgan fingerprint density at radius 1 is 1.52 bits per heavy atom. The summed E-state index contributed by atoms with van der Waals surface area (Å²) in [5, 5.41) is 3.79.